The van der Waals surface area contributed by atoms with E-state index in [9.17, 15) is 14.4 Å². The van der Waals surface area contributed by atoms with E-state index in [2.05, 4.69) is 10.1 Å². The van der Waals surface area contributed by atoms with Gasteiger partial charge in [0.15, 0.2) is 18.1 Å². The standard InChI is InChI=1S/C21H18ClNO7/c1-27-21(26)14-3-5-15(6-4-14)23-18(24)12-30-19(25)7-2-13-10-16(22)20-17(11-13)28-8-9-29-20/h2-7,10-11H,8-9,12H2,1H3,(H,23,24)/b7-2-. The Morgan fingerprint density at radius 2 is 1.87 bits per heavy atom. The molecule has 0 unspecified atom stereocenters. The van der Waals surface area contributed by atoms with Crippen LogP contribution in [0.4, 0.5) is 5.69 Å². The minimum absolute atomic E-state index is 0.353. The molecule has 2 aromatic rings. The number of halogens is 1. The highest BCUT2D eigenvalue weighted by molar-refractivity contribution is 6.32. The fourth-order valence-electron chi connectivity index (χ4n) is 2.58. The van der Waals surface area contributed by atoms with Gasteiger partial charge in [0.25, 0.3) is 5.91 Å². The monoisotopic (exact) mass is 431 g/mol. The van der Waals surface area contributed by atoms with Crippen molar-refractivity contribution in [3.63, 3.8) is 0 Å². The summed E-state index contributed by atoms with van der Waals surface area (Å²) < 4.78 is 20.4. The van der Waals surface area contributed by atoms with Crippen LogP contribution >= 0.6 is 11.6 Å². The molecule has 0 saturated carbocycles. The molecule has 0 aromatic heterocycles. The van der Waals surface area contributed by atoms with E-state index >= 15 is 0 Å². The third-order valence-electron chi connectivity index (χ3n) is 3.97. The van der Waals surface area contributed by atoms with Gasteiger partial charge in [-0.2, -0.15) is 0 Å². The quantitative estimate of drug-likeness (QED) is 0.554. The van der Waals surface area contributed by atoms with Gasteiger partial charge in [0.1, 0.15) is 13.2 Å². The Balaban J connectivity index is 1.50. The Morgan fingerprint density at radius 1 is 1.13 bits per heavy atom. The second-order valence-electron chi connectivity index (χ2n) is 6.09. The zero-order valence-electron chi connectivity index (χ0n) is 16.0. The second-order valence-corrected chi connectivity index (χ2v) is 6.49. The molecular weight excluding hydrogens is 414 g/mol. The first-order valence-electron chi connectivity index (χ1n) is 8.88. The maximum absolute atomic E-state index is 11.9. The van der Waals surface area contributed by atoms with Crippen LogP contribution in [0.2, 0.25) is 5.02 Å². The Hall–Kier alpha value is -3.52. The van der Waals surface area contributed by atoms with Crippen molar-refractivity contribution in [1.82, 2.24) is 0 Å². The van der Waals surface area contributed by atoms with E-state index in [-0.39, 0.29) is 0 Å². The SMILES string of the molecule is COC(=O)c1ccc(NC(=O)COC(=O)/C=C\c2cc(Cl)c3c(c2)OCCO3)cc1. The molecule has 1 amide bonds. The van der Waals surface area contributed by atoms with Crippen LogP contribution in [0.15, 0.2) is 42.5 Å². The van der Waals surface area contributed by atoms with Crippen molar-refractivity contribution in [2.45, 2.75) is 0 Å². The van der Waals surface area contributed by atoms with E-state index in [1.165, 1.54) is 43.5 Å². The third kappa shape index (κ3) is 5.51. The number of hydrogen-bond donors (Lipinski definition) is 1. The highest BCUT2D eigenvalue weighted by Crippen LogP contribution is 2.38. The van der Waals surface area contributed by atoms with Gasteiger partial charge in [0, 0.05) is 11.8 Å². The lowest BCUT2D eigenvalue weighted by Crippen LogP contribution is -2.20. The Kier molecular flexibility index (Phi) is 6.92. The number of rotatable bonds is 6. The summed E-state index contributed by atoms with van der Waals surface area (Å²) in [6.07, 6.45) is 2.68. The van der Waals surface area contributed by atoms with Gasteiger partial charge in [-0.25, -0.2) is 9.59 Å². The smallest absolute Gasteiger partial charge is 0.337 e. The lowest BCUT2D eigenvalue weighted by Gasteiger charge is -2.19. The van der Waals surface area contributed by atoms with Gasteiger partial charge in [0.05, 0.1) is 17.7 Å². The van der Waals surface area contributed by atoms with Crippen LogP contribution < -0.4 is 14.8 Å². The number of nitrogens with one attached hydrogen (secondary N) is 1. The van der Waals surface area contributed by atoms with Crippen molar-refractivity contribution < 1.29 is 33.3 Å². The van der Waals surface area contributed by atoms with Gasteiger partial charge >= 0.3 is 11.9 Å². The van der Waals surface area contributed by atoms with Gasteiger partial charge in [-0.15, -0.1) is 0 Å². The summed E-state index contributed by atoms with van der Waals surface area (Å²) in [6, 6.07) is 9.41. The lowest BCUT2D eigenvalue weighted by molar-refractivity contribution is -0.142. The van der Waals surface area contributed by atoms with Gasteiger partial charge in [-0.1, -0.05) is 11.6 Å². The van der Waals surface area contributed by atoms with Crippen molar-refractivity contribution in [2.24, 2.45) is 0 Å². The summed E-state index contributed by atoms with van der Waals surface area (Å²) in [6.45, 7) is 0.370. The predicted molar refractivity (Wildman–Crippen MR) is 109 cm³/mol. The molecule has 1 N–H and O–H groups in total. The van der Waals surface area contributed by atoms with Gasteiger partial charge < -0.3 is 24.3 Å². The first-order valence-corrected chi connectivity index (χ1v) is 9.26. The molecule has 30 heavy (non-hydrogen) atoms. The van der Waals surface area contributed by atoms with Crippen LogP contribution in [-0.4, -0.2) is 44.8 Å². The first-order chi connectivity index (χ1) is 14.5. The summed E-state index contributed by atoms with van der Waals surface area (Å²) in [5.41, 5.74) is 1.42. The second kappa shape index (κ2) is 9.80. The number of ether oxygens (including phenoxy) is 4. The average Bonchev–Trinajstić information content (AvgIpc) is 2.76. The van der Waals surface area contributed by atoms with Crippen molar-refractivity contribution >= 4 is 41.2 Å². The van der Waals surface area contributed by atoms with Crippen molar-refractivity contribution in [1.29, 1.82) is 0 Å². The molecule has 0 radical (unpaired) electrons. The number of benzene rings is 2. The van der Waals surface area contributed by atoms with E-state index in [1.54, 1.807) is 12.1 Å². The summed E-state index contributed by atoms with van der Waals surface area (Å²) in [5.74, 6) is -0.728. The predicted octanol–water partition coefficient (Wildman–Crippen LogP) is 3.09. The molecule has 2 aromatic carbocycles. The summed E-state index contributed by atoms with van der Waals surface area (Å²) in [5, 5.41) is 2.93. The third-order valence-corrected chi connectivity index (χ3v) is 4.25. The minimum Gasteiger partial charge on any atom is -0.486 e. The molecule has 0 saturated heterocycles. The number of methoxy groups -OCH3 is 1. The number of fused-ring (bicyclic) bond motifs is 1. The molecule has 1 aliphatic heterocycles. The number of anilines is 1. The normalized spacial score (nSPS) is 12.3. The maximum atomic E-state index is 11.9. The van der Waals surface area contributed by atoms with Crippen molar-refractivity contribution in [3.05, 3.63) is 58.6 Å². The fraction of sp³-hybridized carbons (Fsp3) is 0.190. The molecule has 156 valence electrons. The summed E-state index contributed by atoms with van der Waals surface area (Å²) >= 11 is 6.14. The van der Waals surface area contributed by atoms with Crippen LogP contribution in [0.25, 0.3) is 6.08 Å². The molecule has 9 heteroatoms. The van der Waals surface area contributed by atoms with E-state index in [0.717, 1.165) is 0 Å². The minimum atomic E-state index is -0.697. The van der Waals surface area contributed by atoms with Crippen LogP contribution in [0, 0.1) is 0 Å². The van der Waals surface area contributed by atoms with Crippen molar-refractivity contribution in [2.75, 3.05) is 32.2 Å². The lowest BCUT2D eigenvalue weighted by atomic mass is 10.2. The molecule has 0 bridgehead atoms. The number of hydrogen-bond acceptors (Lipinski definition) is 7. The topological polar surface area (TPSA) is 100 Å². The van der Waals surface area contributed by atoms with E-state index in [1.807, 2.05) is 0 Å². The average molecular weight is 432 g/mol. The van der Waals surface area contributed by atoms with Crippen LogP contribution in [0.1, 0.15) is 15.9 Å². The molecule has 8 nitrogen and oxygen atoms in total. The zero-order valence-corrected chi connectivity index (χ0v) is 16.7. The molecule has 0 atom stereocenters. The first kappa shape index (κ1) is 21.2. The van der Waals surface area contributed by atoms with Gasteiger partial charge in [-0.3, -0.25) is 4.79 Å². The van der Waals surface area contributed by atoms with Crippen LogP contribution in [0.3, 0.4) is 0 Å². The molecule has 0 spiro atoms. The van der Waals surface area contributed by atoms with Crippen LogP contribution in [0.5, 0.6) is 11.5 Å². The maximum Gasteiger partial charge on any atom is 0.337 e. The number of carbonyl (C=O) groups excluding carboxylic acids is 3. The highest BCUT2D eigenvalue weighted by atomic mass is 35.5. The fourth-order valence-corrected chi connectivity index (χ4v) is 2.85. The Morgan fingerprint density at radius 3 is 2.60 bits per heavy atom. The van der Waals surface area contributed by atoms with Gasteiger partial charge in [-0.05, 0) is 48.0 Å². The number of amides is 1. The van der Waals surface area contributed by atoms with Crippen LogP contribution in [-0.2, 0) is 19.1 Å². The molecule has 3 rings (SSSR count). The molecule has 0 aliphatic carbocycles. The molecular formula is C21H18ClNO7. The molecule has 0 fully saturated rings. The Labute approximate surface area is 177 Å². The number of carbonyl (C=O) groups is 3. The van der Waals surface area contributed by atoms with E-state index in [4.69, 9.17) is 25.8 Å². The van der Waals surface area contributed by atoms with E-state index < -0.39 is 24.5 Å². The summed E-state index contributed by atoms with van der Waals surface area (Å²) in [7, 11) is 1.28. The van der Waals surface area contributed by atoms with Crippen molar-refractivity contribution in [3.8, 4) is 11.5 Å². The van der Waals surface area contributed by atoms with E-state index in [0.29, 0.717) is 46.5 Å². The number of esters is 2. The zero-order chi connectivity index (χ0) is 21.5. The van der Waals surface area contributed by atoms with Gasteiger partial charge in [0.2, 0.25) is 0 Å². The highest BCUT2D eigenvalue weighted by Gasteiger charge is 2.16. The summed E-state index contributed by atoms with van der Waals surface area (Å²) in [4.78, 5) is 35.2. The molecule has 1 heterocycles. The Bertz CT molecular complexity index is 986. The largest absolute Gasteiger partial charge is 0.486 e. The molecule has 1 aliphatic rings.